The third-order valence-electron chi connectivity index (χ3n) is 4.18. The maximum Gasteiger partial charge on any atom is 0.329 e. The van der Waals surface area contributed by atoms with E-state index >= 15 is 0 Å². The Labute approximate surface area is 135 Å². The van der Waals surface area contributed by atoms with Crippen molar-refractivity contribution in [3.05, 3.63) is 11.7 Å². The summed E-state index contributed by atoms with van der Waals surface area (Å²) in [7, 11) is 0. The monoisotopic (exact) mass is 323 g/mol. The SMILES string of the molecule is CC(C)(C)c1noc(CCCC(=O)NC2(C(=O)O)CCCC2)n1. The Morgan fingerprint density at radius 2 is 1.96 bits per heavy atom. The second-order valence-electron chi connectivity index (χ2n) is 7.26. The fourth-order valence-corrected chi connectivity index (χ4v) is 2.76. The first-order valence-electron chi connectivity index (χ1n) is 8.10. The van der Waals surface area contributed by atoms with Crippen molar-refractivity contribution in [2.24, 2.45) is 0 Å². The van der Waals surface area contributed by atoms with Gasteiger partial charge in [0, 0.05) is 18.3 Å². The second-order valence-corrected chi connectivity index (χ2v) is 7.26. The second kappa shape index (κ2) is 6.68. The van der Waals surface area contributed by atoms with Crippen LogP contribution in [0.2, 0.25) is 0 Å². The quantitative estimate of drug-likeness (QED) is 0.831. The standard InChI is InChI=1S/C16H25N3O4/c1-15(2,3)13-17-12(23-19-13)8-6-7-11(20)18-16(14(21)22)9-4-5-10-16/h4-10H2,1-3H3,(H,18,20)(H,21,22). The van der Waals surface area contributed by atoms with Crippen molar-refractivity contribution in [2.75, 3.05) is 0 Å². The Hall–Kier alpha value is -1.92. The Bertz CT molecular complexity index is 568. The highest BCUT2D eigenvalue weighted by Gasteiger charge is 2.42. The number of nitrogens with one attached hydrogen (secondary N) is 1. The van der Waals surface area contributed by atoms with E-state index in [9.17, 15) is 14.7 Å². The van der Waals surface area contributed by atoms with E-state index in [-0.39, 0.29) is 17.7 Å². The van der Waals surface area contributed by atoms with Crippen molar-refractivity contribution in [2.45, 2.75) is 76.7 Å². The van der Waals surface area contributed by atoms with Crippen LogP contribution in [0.5, 0.6) is 0 Å². The molecule has 7 heteroatoms. The summed E-state index contributed by atoms with van der Waals surface area (Å²) < 4.78 is 5.18. The van der Waals surface area contributed by atoms with Crippen LogP contribution in [0.3, 0.4) is 0 Å². The molecule has 0 spiro atoms. The first-order chi connectivity index (χ1) is 10.7. The number of carbonyl (C=O) groups is 2. The van der Waals surface area contributed by atoms with E-state index in [2.05, 4.69) is 15.5 Å². The summed E-state index contributed by atoms with van der Waals surface area (Å²) in [5, 5.41) is 16.0. The van der Waals surface area contributed by atoms with E-state index in [1.165, 1.54) is 0 Å². The Kier molecular flexibility index (Phi) is 5.06. The molecule has 0 unspecified atom stereocenters. The molecule has 2 rings (SSSR count). The number of carboxylic acids is 1. The zero-order chi connectivity index (χ0) is 17.1. The molecule has 128 valence electrons. The zero-order valence-corrected chi connectivity index (χ0v) is 14.0. The molecule has 1 fully saturated rings. The first-order valence-corrected chi connectivity index (χ1v) is 8.10. The largest absolute Gasteiger partial charge is 0.480 e. The molecule has 0 bridgehead atoms. The van der Waals surface area contributed by atoms with Crippen LogP contribution in [0.15, 0.2) is 4.52 Å². The molecule has 0 radical (unpaired) electrons. The van der Waals surface area contributed by atoms with Crippen molar-refractivity contribution in [3.8, 4) is 0 Å². The molecule has 2 N–H and O–H groups in total. The Balaban J connectivity index is 1.81. The third-order valence-corrected chi connectivity index (χ3v) is 4.18. The first kappa shape index (κ1) is 17.4. The van der Waals surface area contributed by atoms with Gasteiger partial charge < -0.3 is 14.9 Å². The number of amides is 1. The summed E-state index contributed by atoms with van der Waals surface area (Å²) in [6.45, 7) is 6.01. The molecule has 0 aromatic carbocycles. The predicted octanol–water partition coefficient (Wildman–Crippen LogP) is 2.20. The van der Waals surface area contributed by atoms with Crippen molar-refractivity contribution in [3.63, 3.8) is 0 Å². The van der Waals surface area contributed by atoms with Crippen LogP contribution in [0.25, 0.3) is 0 Å². The van der Waals surface area contributed by atoms with Gasteiger partial charge in [0.2, 0.25) is 11.8 Å². The summed E-state index contributed by atoms with van der Waals surface area (Å²) in [5.41, 5.74) is -1.24. The van der Waals surface area contributed by atoms with Gasteiger partial charge in [0.05, 0.1) is 0 Å². The number of aromatic nitrogens is 2. The van der Waals surface area contributed by atoms with Gasteiger partial charge in [0.25, 0.3) is 0 Å². The van der Waals surface area contributed by atoms with E-state index in [4.69, 9.17) is 4.52 Å². The van der Waals surface area contributed by atoms with Gasteiger partial charge in [-0.3, -0.25) is 4.79 Å². The summed E-state index contributed by atoms with van der Waals surface area (Å²) in [6, 6.07) is 0. The van der Waals surface area contributed by atoms with Crippen LogP contribution >= 0.6 is 0 Å². The van der Waals surface area contributed by atoms with E-state index < -0.39 is 11.5 Å². The van der Waals surface area contributed by atoms with Crippen molar-refractivity contribution < 1.29 is 19.2 Å². The van der Waals surface area contributed by atoms with Crippen LogP contribution < -0.4 is 5.32 Å². The lowest BCUT2D eigenvalue weighted by molar-refractivity contribution is -0.147. The van der Waals surface area contributed by atoms with Crippen LogP contribution in [0.1, 0.15) is 71.0 Å². The summed E-state index contributed by atoms with van der Waals surface area (Å²) in [5.74, 6) is -0.00999. The number of aliphatic carboxylic acids is 1. The summed E-state index contributed by atoms with van der Waals surface area (Å²) >= 11 is 0. The fourth-order valence-electron chi connectivity index (χ4n) is 2.76. The molecule has 1 saturated carbocycles. The number of nitrogens with zero attached hydrogens (tertiary/aromatic N) is 2. The summed E-state index contributed by atoms with van der Waals surface area (Å²) in [6.07, 6.45) is 4.00. The molecule has 1 amide bonds. The lowest BCUT2D eigenvalue weighted by atomic mass is 9.96. The third kappa shape index (κ3) is 4.30. The Morgan fingerprint density at radius 1 is 1.30 bits per heavy atom. The number of aryl methyl sites for hydroxylation is 1. The maximum absolute atomic E-state index is 12.0. The molecule has 0 aliphatic heterocycles. The highest BCUT2D eigenvalue weighted by Crippen LogP contribution is 2.30. The molecule has 7 nitrogen and oxygen atoms in total. The van der Waals surface area contributed by atoms with Crippen molar-refractivity contribution in [1.29, 1.82) is 0 Å². The molecule has 1 aliphatic rings. The highest BCUT2D eigenvalue weighted by atomic mass is 16.5. The van der Waals surface area contributed by atoms with Gasteiger partial charge in [-0.1, -0.05) is 38.8 Å². The minimum absolute atomic E-state index is 0.171. The number of hydrogen-bond donors (Lipinski definition) is 2. The van der Waals surface area contributed by atoms with Crippen molar-refractivity contribution in [1.82, 2.24) is 15.5 Å². The van der Waals surface area contributed by atoms with E-state index in [1.54, 1.807) is 0 Å². The topological polar surface area (TPSA) is 105 Å². The van der Waals surface area contributed by atoms with E-state index in [0.717, 1.165) is 12.8 Å². The van der Waals surface area contributed by atoms with Crippen LogP contribution in [-0.4, -0.2) is 32.7 Å². The zero-order valence-electron chi connectivity index (χ0n) is 14.0. The molecule has 1 heterocycles. The van der Waals surface area contributed by atoms with Crippen molar-refractivity contribution >= 4 is 11.9 Å². The summed E-state index contributed by atoms with van der Waals surface area (Å²) in [4.78, 5) is 27.7. The molecule has 1 aromatic heterocycles. The molecule has 0 saturated heterocycles. The number of carbonyl (C=O) groups excluding carboxylic acids is 1. The number of hydrogen-bond acceptors (Lipinski definition) is 5. The molecule has 1 aliphatic carbocycles. The van der Waals surface area contributed by atoms with Gasteiger partial charge in [-0.05, 0) is 19.3 Å². The van der Waals surface area contributed by atoms with E-state index in [1.807, 2.05) is 20.8 Å². The normalized spacial score (nSPS) is 17.2. The van der Waals surface area contributed by atoms with Gasteiger partial charge >= 0.3 is 5.97 Å². The maximum atomic E-state index is 12.0. The lowest BCUT2D eigenvalue weighted by Crippen LogP contribution is -2.52. The molecular weight excluding hydrogens is 298 g/mol. The van der Waals surface area contributed by atoms with Gasteiger partial charge in [-0.25, -0.2) is 4.79 Å². The molecule has 23 heavy (non-hydrogen) atoms. The predicted molar refractivity (Wildman–Crippen MR) is 82.9 cm³/mol. The fraction of sp³-hybridized carbons (Fsp3) is 0.750. The number of rotatable bonds is 6. The average Bonchev–Trinajstić information content (AvgIpc) is 3.07. The lowest BCUT2D eigenvalue weighted by Gasteiger charge is -2.25. The molecule has 0 atom stereocenters. The average molecular weight is 323 g/mol. The minimum Gasteiger partial charge on any atom is -0.480 e. The van der Waals surface area contributed by atoms with Crippen LogP contribution in [0, 0.1) is 0 Å². The van der Waals surface area contributed by atoms with Crippen LogP contribution in [0.4, 0.5) is 0 Å². The smallest absolute Gasteiger partial charge is 0.329 e. The van der Waals surface area contributed by atoms with Gasteiger partial charge in [0.1, 0.15) is 5.54 Å². The highest BCUT2D eigenvalue weighted by molar-refractivity contribution is 5.87. The Morgan fingerprint density at radius 3 is 2.48 bits per heavy atom. The van der Waals surface area contributed by atoms with Gasteiger partial charge in [-0.2, -0.15) is 4.98 Å². The van der Waals surface area contributed by atoms with Crippen LogP contribution in [-0.2, 0) is 21.4 Å². The molecular formula is C16H25N3O4. The number of carboxylic acid groups (broad SMARTS) is 1. The van der Waals surface area contributed by atoms with Gasteiger partial charge in [0.15, 0.2) is 5.82 Å². The minimum atomic E-state index is -1.07. The van der Waals surface area contributed by atoms with Gasteiger partial charge in [-0.15, -0.1) is 0 Å². The van der Waals surface area contributed by atoms with E-state index in [0.29, 0.717) is 37.4 Å². The molecule has 1 aromatic rings.